The summed E-state index contributed by atoms with van der Waals surface area (Å²) in [5, 5.41) is 10.2. The number of aryl methyl sites for hydroxylation is 1. The van der Waals surface area contributed by atoms with Gasteiger partial charge in [-0.1, -0.05) is 35.0 Å². The molecule has 0 fully saturated rings. The molecule has 2 atom stereocenters. The topological polar surface area (TPSA) is 72.5 Å². The number of aliphatic hydroxyl groups is 1. The van der Waals surface area contributed by atoms with Gasteiger partial charge in [0.25, 0.3) is 0 Å². The first-order valence-electron chi connectivity index (χ1n) is 7.01. The number of esters is 1. The Bertz CT molecular complexity index is 477. The number of benzene rings is 1. The van der Waals surface area contributed by atoms with E-state index in [1.165, 1.54) is 0 Å². The molecule has 21 heavy (non-hydrogen) atoms. The molecular weight excluding hydrogens is 334 g/mol. The van der Waals surface area contributed by atoms with E-state index >= 15 is 0 Å². The van der Waals surface area contributed by atoms with E-state index < -0.39 is 23.2 Å². The first-order chi connectivity index (χ1) is 9.52. The third-order valence-corrected chi connectivity index (χ3v) is 3.79. The Balaban J connectivity index is 2.62. The van der Waals surface area contributed by atoms with Crippen LogP contribution in [0, 0.1) is 5.92 Å². The lowest BCUT2D eigenvalue weighted by atomic mass is 9.91. The highest BCUT2D eigenvalue weighted by molar-refractivity contribution is 9.10. The van der Waals surface area contributed by atoms with Crippen molar-refractivity contribution in [2.75, 3.05) is 0 Å². The van der Waals surface area contributed by atoms with Gasteiger partial charge in [-0.25, -0.2) is 4.79 Å². The minimum atomic E-state index is -1.97. The monoisotopic (exact) mass is 357 g/mol. The summed E-state index contributed by atoms with van der Waals surface area (Å²) in [5.41, 5.74) is 4.26. The molecule has 4 nitrogen and oxygen atoms in total. The van der Waals surface area contributed by atoms with E-state index in [1.54, 1.807) is 27.7 Å². The van der Waals surface area contributed by atoms with E-state index in [0.29, 0.717) is 6.42 Å². The molecule has 0 saturated heterocycles. The predicted molar refractivity (Wildman–Crippen MR) is 86.6 cm³/mol. The standard InChI is InChI=1S/C16H24BrNO3/c1-11(5-6-12-7-9-13(17)10-8-12)16(18,20)14(19)21-15(2,3)4/h7-11,20H,5-6,18H2,1-4H3. The summed E-state index contributed by atoms with van der Waals surface area (Å²) in [5.74, 6) is -1.19. The van der Waals surface area contributed by atoms with Crippen molar-refractivity contribution in [2.24, 2.45) is 11.7 Å². The number of halogens is 1. The van der Waals surface area contributed by atoms with Crippen molar-refractivity contribution in [3.05, 3.63) is 34.3 Å². The average Bonchev–Trinajstić information content (AvgIpc) is 2.35. The van der Waals surface area contributed by atoms with Crippen LogP contribution in [0.25, 0.3) is 0 Å². The third kappa shape index (κ3) is 5.77. The Hall–Kier alpha value is -0.910. The van der Waals surface area contributed by atoms with E-state index in [0.717, 1.165) is 16.5 Å². The highest BCUT2D eigenvalue weighted by Gasteiger charge is 2.40. The van der Waals surface area contributed by atoms with E-state index in [9.17, 15) is 9.90 Å². The Morgan fingerprint density at radius 3 is 2.33 bits per heavy atom. The molecule has 3 N–H and O–H groups in total. The van der Waals surface area contributed by atoms with Gasteiger partial charge >= 0.3 is 5.97 Å². The van der Waals surface area contributed by atoms with Crippen LogP contribution in [0.4, 0.5) is 0 Å². The SMILES string of the molecule is CC(CCc1ccc(Br)cc1)C(N)(O)C(=O)OC(C)(C)C. The largest absolute Gasteiger partial charge is 0.457 e. The molecule has 0 amide bonds. The maximum Gasteiger partial charge on any atom is 0.354 e. The molecule has 1 aromatic rings. The van der Waals surface area contributed by atoms with E-state index in [-0.39, 0.29) is 0 Å². The van der Waals surface area contributed by atoms with Gasteiger partial charge in [0.1, 0.15) is 5.60 Å². The number of carbonyl (C=O) groups excluding carboxylic acids is 1. The van der Waals surface area contributed by atoms with Crippen molar-refractivity contribution >= 4 is 21.9 Å². The van der Waals surface area contributed by atoms with Crippen LogP contribution in [0.5, 0.6) is 0 Å². The minimum Gasteiger partial charge on any atom is -0.457 e. The van der Waals surface area contributed by atoms with Crippen LogP contribution in [0.1, 0.15) is 39.7 Å². The predicted octanol–water partition coefficient (Wildman–Crippen LogP) is 3.01. The van der Waals surface area contributed by atoms with Gasteiger partial charge in [-0.3, -0.25) is 5.73 Å². The zero-order valence-corrected chi connectivity index (χ0v) is 14.6. The molecule has 118 valence electrons. The molecule has 2 unspecified atom stereocenters. The second-order valence-corrected chi connectivity index (χ2v) is 7.31. The fourth-order valence-electron chi connectivity index (χ4n) is 1.82. The van der Waals surface area contributed by atoms with Gasteiger partial charge in [-0.05, 0) is 51.3 Å². The molecular formula is C16H24BrNO3. The quantitative estimate of drug-likeness (QED) is 0.627. The molecule has 0 aromatic heterocycles. The minimum absolute atomic E-state index is 0.406. The van der Waals surface area contributed by atoms with Crippen molar-refractivity contribution < 1.29 is 14.6 Å². The van der Waals surface area contributed by atoms with Crippen LogP contribution in [-0.2, 0) is 16.0 Å². The van der Waals surface area contributed by atoms with Crippen LogP contribution in [0.3, 0.4) is 0 Å². The summed E-state index contributed by atoms with van der Waals surface area (Å²) in [4.78, 5) is 12.0. The summed E-state index contributed by atoms with van der Waals surface area (Å²) in [6, 6.07) is 7.92. The van der Waals surface area contributed by atoms with Gasteiger partial charge in [0, 0.05) is 10.4 Å². The molecule has 0 bridgehead atoms. The zero-order valence-electron chi connectivity index (χ0n) is 13.0. The summed E-state index contributed by atoms with van der Waals surface area (Å²) in [7, 11) is 0. The second kappa shape index (κ2) is 6.90. The lowest BCUT2D eigenvalue weighted by Crippen LogP contribution is -2.55. The van der Waals surface area contributed by atoms with Gasteiger partial charge in [0.2, 0.25) is 5.72 Å². The molecule has 0 saturated carbocycles. The van der Waals surface area contributed by atoms with E-state index in [4.69, 9.17) is 10.5 Å². The fourth-order valence-corrected chi connectivity index (χ4v) is 2.08. The highest BCUT2D eigenvalue weighted by atomic mass is 79.9. The van der Waals surface area contributed by atoms with Crippen molar-refractivity contribution in [3.63, 3.8) is 0 Å². The number of hydrogen-bond donors (Lipinski definition) is 2. The molecule has 0 aliphatic rings. The molecule has 5 heteroatoms. The van der Waals surface area contributed by atoms with E-state index in [1.807, 2.05) is 24.3 Å². The van der Waals surface area contributed by atoms with Crippen LogP contribution < -0.4 is 5.73 Å². The van der Waals surface area contributed by atoms with Gasteiger partial charge in [0.05, 0.1) is 0 Å². The smallest absolute Gasteiger partial charge is 0.354 e. The van der Waals surface area contributed by atoms with E-state index in [2.05, 4.69) is 15.9 Å². The number of ether oxygens (including phenoxy) is 1. The zero-order chi connectivity index (χ0) is 16.3. The molecule has 1 rings (SSSR count). The Kier molecular flexibility index (Phi) is 5.96. The van der Waals surface area contributed by atoms with Crippen molar-refractivity contribution in [1.82, 2.24) is 0 Å². The fraction of sp³-hybridized carbons (Fsp3) is 0.562. The lowest BCUT2D eigenvalue weighted by molar-refractivity contribution is -0.182. The molecule has 0 aliphatic carbocycles. The van der Waals surface area contributed by atoms with Crippen LogP contribution in [-0.4, -0.2) is 22.4 Å². The summed E-state index contributed by atoms with van der Waals surface area (Å²) in [6.07, 6.45) is 1.32. The van der Waals surface area contributed by atoms with Crippen molar-refractivity contribution in [2.45, 2.75) is 51.9 Å². The summed E-state index contributed by atoms with van der Waals surface area (Å²) >= 11 is 3.38. The normalized spacial score (nSPS) is 16.1. The second-order valence-electron chi connectivity index (χ2n) is 6.39. The average molecular weight is 358 g/mol. The van der Waals surface area contributed by atoms with Crippen LogP contribution >= 0.6 is 15.9 Å². The number of rotatable bonds is 5. The lowest BCUT2D eigenvalue weighted by Gasteiger charge is -2.31. The Labute approximate surface area is 134 Å². The maximum absolute atomic E-state index is 12.0. The Morgan fingerprint density at radius 2 is 1.86 bits per heavy atom. The van der Waals surface area contributed by atoms with Gasteiger partial charge in [-0.2, -0.15) is 0 Å². The maximum atomic E-state index is 12.0. The third-order valence-electron chi connectivity index (χ3n) is 3.26. The number of nitrogens with two attached hydrogens (primary N) is 1. The van der Waals surface area contributed by atoms with Gasteiger partial charge in [0.15, 0.2) is 0 Å². The van der Waals surface area contributed by atoms with Crippen LogP contribution in [0.2, 0.25) is 0 Å². The molecule has 0 spiro atoms. The molecule has 0 aliphatic heterocycles. The number of hydrogen-bond acceptors (Lipinski definition) is 4. The molecule has 0 heterocycles. The van der Waals surface area contributed by atoms with Crippen molar-refractivity contribution in [3.8, 4) is 0 Å². The Morgan fingerprint density at radius 1 is 1.33 bits per heavy atom. The molecule has 1 aromatic carbocycles. The van der Waals surface area contributed by atoms with Crippen molar-refractivity contribution in [1.29, 1.82) is 0 Å². The summed E-state index contributed by atoms with van der Waals surface area (Å²) in [6.45, 7) is 6.98. The van der Waals surface area contributed by atoms with Gasteiger partial charge in [-0.15, -0.1) is 0 Å². The summed E-state index contributed by atoms with van der Waals surface area (Å²) < 4.78 is 6.19. The first kappa shape index (κ1) is 18.1. The first-order valence-corrected chi connectivity index (χ1v) is 7.81. The van der Waals surface area contributed by atoms with Gasteiger partial charge < -0.3 is 9.84 Å². The highest BCUT2D eigenvalue weighted by Crippen LogP contribution is 2.22. The van der Waals surface area contributed by atoms with Crippen LogP contribution in [0.15, 0.2) is 28.7 Å². The molecule has 0 radical (unpaired) electrons. The number of carbonyl (C=O) groups is 1.